The lowest BCUT2D eigenvalue weighted by Gasteiger charge is -1.99. The van der Waals surface area contributed by atoms with Gasteiger partial charge in [-0.25, -0.2) is 4.79 Å². The third kappa shape index (κ3) is 4.24. The van der Waals surface area contributed by atoms with Crippen LogP contribution in [0, 0.1) is 0 Å². The summed E-state index contributed by atoms with van der Waals surface area (Å²) in [5, 5.41) is 16.7. The molecule has 1 aromatic carbocycles. The smallest absolute Gasteiger partial charge is 0.362 e. The molecule has 1 N–H and O–H groups in total. The lowest BCUT2D eigenvalue weighted by molar-refractivity contribution is -0.138. The van der Waals surface area contributed by atoms with Crippen molar-refractivity contribution in [3.05, 3.63) is 41.2 Å². The SMILES string of the molecule is CCOC(=O)C(=CO)N=Nc1ccc(Cl)cc1. The fourth-order valence-electron chi connectivity index (χ4n) is 0.944. The molecule has 0 unspecified atom stereocenters. The Kier molecular flexibility index (Phi) is 5.16. The van der Waals surface area contributed by atoms with Gasteiger partial charge in [0.25, 0.3) is 0 Å². The Morgan fingerprint density at radius 2 is 2.12 bits per heavy atom. The van der Waals surface area contributed by atoms with Crippen LogP contribution < -0.4 is 0 Å². The summed E-state index contributed by atoms with van der Waals surface area (Å²) < 4.78 is 4.66. The van der Waals surface area contributed by atoms with E-state index in [0.29, 0.717) is 17.0 Å². The third-order valence-corrected chi connectivity index (χ3v) is 1.96. The van der Waals surface area contributed by atoms with Gasteiger partial charge in [-0.1, -0.05) is 11.6 Å². The van der Waals surface area contributed by atoms with E-state index >= 15 is 0 Å². The topological polar surface area (TPSA) is 71.2 Å². The van der Waals surface area contributed by atoms with Gasteiger partial charge in [-0.05, 0) is 31.2 Å². The number of nitrogens with zero attached hydrogens (tertiary/aromatic N) is 2. The quantitative estimate of drug-likeness (QED) is 0.387. The fraction of sp³-hybridized carbons (Fsp3) is 0.182. The second-order valence-electron chi connectivity index (χ2n) is 2.91. The summed E-state index contributed by atoms with van der Waals surface area (Å²) in [6, 6.07) is 6.54. The van der Waals surface area contributed by atoms with E-state index in [1.807, 2.05) is 0 Å². The van der Waals surface area contributed by atoms with Crippen molar-refractivity contribution in [3.8, 4) is 0 Å². The van der Waals surface area contributed by atoms with Gasteiger partial charge in [-0.15, -0.1) is 5.11 Å². The monoisotopic (exact) mass is 254 g/mol. The first-order valence-electron chi connectivity index (χ1n) is 4.86. The molecule has 1 aromatic rings. The van der Waals surface area contributed by atoms with E-state index in [4.69, 9.17) is 16.7 Å². The van der Waals surface area contributed by atoms with E-state index in [9.17, 15) is 4.79 Å². The zero-order chi connectivity index (χ0) is 12.7. The van der Waals surface area contributed by atoms with Gasteiger partial charge < -0.3 is 9.84 Å². The molecule has 0 saturated carbocycles. The molecule has 0 bridgehead atoms. The Balaban J connectivity index is 2.75. The second-order valence-corrected chi connectivity index (χ2v) is 3.35. The zero-order valence-electron chi connectivity index (χ0n) is 9.13. The van der Waals surface area contributed by atoms with Crippen LogP contribution in [0.25, 0.3) is 0 Å². The van der Waals surface area contributed by atoms with Crippen molar-refractivity contribution in [1.29, 1.82) is 0 Å². The largest absolute Gasteiger partial charge is 0.513 e. The van der Waals surface area contributed by atoms with Crippen LogP contribution in [-0.2, 0) is 9.53 Å². The van der Waals surface area contributed by atoms with Gasteiger partial charge >= 0.3 is 5.97 Å². The summed E-state index contributed by atoms with van der Waals surface area (Å²) in [6.45, 7) is 1.86. The molecule has 90 valence electrons. The van der Waals surface area contributed by atoms with Crippen LogP contribution >= 0.6 is 11.6 Å². The van der Waals surface area contributed by atoms with Crippen LogP contribution in [0.1, 0.15) is 6.92 Å². The van der Waals surface area contributed by atoms with Crippen molar-refractivity contribution in [2.75, 3.05) is 6.61 Å². The van der Waals surface area contributed by atoms with E-state index < -0.39 is 5.97 Å². The summed E-state index contributed by atoms with van der Waals surface area (Å²) in [4.78, 5) is 11.2. The van der Waals surface area contributed by atoms with Crippen molar-refractivity contribution < 1.29 is 14.6 Å². The molecule has 0 spiro atoms. The highest BCUT2D eigenvalue weighted by Gasteiger charge is 2.09. The van der Waals surface area contributed by atoms with Gasteiger partial charge in [0, 0.05) is 5.02 Å². The normalized spacial score (nSPS) is 11.8. The van der Waals surface area contributed by atoms with Crippen LogP contribution in [-0.4, -0.2) is 17.7 Å². The Morgan fingerprint density at radius 1 is 1.47 bits per heavy atom. The Morgan fingerprint density at radius 3 is 2.65 bits per heavy atom. The van der Waals surface area contributed by atoms with Crippen LogP contribution in [0.3, 0.4) is 0 Å². The number of azo groups is 1. The number of hydrogen-bond acceptors (Lipinski definition) is 5. The van der Waals surface area contributed by atoms with Crippen LogP contribution in [0.15, 0.2) is 46.5 Å². The molecular weight excluding hydrogens is 244 g/mol. The molecule has 17 heavy (non-hydrogen) atoms. The maximum atomic E-state index is 11.2. The van der Waals surface area contributed by atoms with Crippen molar-refractivity contribution in [1.82, 2.24) is 0 Å². The molecule has 0 aromatic heterocycles. The first-order valence-corrected chi connectivity index (χ1v) is 5.24. The Labute approximate surface area is 103 Å². The molecule has 0 amide bonds. The average molecular weight is 255 g/mol. The molecule has 5 nitrogen and oxygen atoms in total. The first kappa shape index (κ1) is 13.2. The molecule has 6 heteroatoms. The summed E-state index contributed by atoms with van der Waals surface area (Å²) in [6.07, 6.45) is 0.553. The fourth-order valence-corrected chi connectivity index (χ4v) is 1.07. The molecule has 1 rings (SSSR count). The second kappa shape index (κ2) is 6.65. The number of aliphatic hydroxyl groups is 1. The maximum absolute atomic E-state index is 11.2. The van der Waals surface area contributed by atoms with E-state index in [0.717, 1.165) is 0 Å². The third-order valence-electron chi connectivity index (χ3n) is 1.71. The number of aliphatic hydroxyl groups excluding tert-OH is 1. The first-order chi connectivity index (χ1) is 8.17. The molecule has 0 aliphatic carbocycles. The van der Waals surface area contributed by atoms with Gasteiger partial charge in [-0.2, -0.15) is 5.11 Å². The number of ether oxygens (including phenoxy) is 1. The van der Waals surface area contributed by atoms with E-state index in [1.165, 1.54) is 0 Å². The van der Waals surface area contributed by atoms with E-state index in [1.54, 1.807) is 31.2 Å². The van der Waals surface area contributed by atoms with E-state index in [2.05, 4.69) is 15.0 Å². The highest BCUT2D eigenvalue weighted by Crippen LogP contribution is 2.17. The minimum atomic E-state index is -0.729. The van der Waals surface area contributed by atoms with Gasteiger partial charge in [0.05, 0.1) is 12.3 Å². The highest BCUT2D eigenvalue weighted by atomic mass is 35.5. The molecule has 0 aliphatic rings. The van der Waals surface area contributed by atoms with Crippen molar-refractivity contribution in [2.24, 2.45) is 10.2 Å². The highest BCUT2D eigenvalue weighted by molar-refractivity contribution is 6.30. The summed E-state index contributed by atoms with van der Waals surface area (Å²) in [5.74, 6) is -0.729. The standard InChI is InChI=1S/C11H11ClN2O3/c1-2-17-11(16)10(7-15)14-13-9-5-3-8(12)4-6-9/h3-7,15H,2H2,1H3. The molecule has 0 aliphatic heterocycles. The van der Waals surface area contributed by atoms with Gasteiger partial charge in [-0.3, -0.25) is 0 Å². The number of carbonyl (C=O) groups excluding carboxylic acids is 1. The molecule has 0 heterocycles. The van der Waals surface area contributed by atoms with Crippen molar-refractivity contribution in [2.45, 2.75) is 6.92 Å². The molecule has 0 saturated heterocycles. The average Bonchev–Trinajstić information content (AvgIpc) is 2.32. The summed E-state index contributed by atoms with van der Waals surface area (Å²) in [7, 11) is 0. The van der Waals surface area contributed by atoms with Crippen molar-refractivity contribution >= 4 is 23.3 Å². The number of rotatable bonds is 4. The Hall–Kier alpha value is -1.88. The molecular formula is C11H11ClN2O3. The zero-order valence-corrected chi connectivity index (χ0v) is 9.89. The predicted molar refractivity (Wildman–Crippen MR) is 63.3 cm³/mol. The maximum Gasteiger partial charge on any atom is 0.362 e. The van der Waals surface area contributed by atoms with Gasteiger partial charge in [0.1, 0.15) is 6.26 Å². The van der Waals surface area contributed by atoms with E-state index in [-0.39, 0.29) is 12.3 Å². The van der Waals surface area contributed by atoms with Gasteiger partial charge in [0.15, 0.2) is 0 Å². The number of carbonyl (C=O) groups is 1. The Bertz CT molecular complexity index is 441. The minimum absolute atomic E-state index is 0.201. The number of hydrogen-bond donors (Lipinski definition) is 1. The molecule has 0 fully saturated rings. The number of halogens is 1. The summed E-state index contributed by atoms with van der Waals surface area (Å²) in [5.41, 5.74) is 0.250. The number of esters is 1. The lowest BCUT2D eigenvalue weighted by atomic mass is 10.3. The van der Waals surface area contributed by atoms with Crippen molar-refractivity contribution in [3.63, 3.8) is 0 Å². The molecule has 0 radical (unpaired) electrons. The molecule has 0 atom stereocenters. The van der Waals surface area contributed by atoms with Crippen LogP contribution in [0.5, 0.6) is 0 Å². The predicted octanol–water partition coefficient (Wildman–Crippen LogP) is 3.39. The lowest BCUT2D eigenvalue weighted by Crippen LogP contribution is -2.05. The van der Waals surface area contributed by atoms with Crippen LogP contribution in [0.2, 0.25) is 5.02 Å². The van der Waals surface area contributed by atoms with Crippen LogP contribution in [0.4, 0.5) is 5.69 Å². The minimum Gasteiger partial charge on any atom is -0.513 e. The van der Waals surface area contributed by atoms with Gasteiger partial charge in [0.2, 0.25) is 5.70 Å². The number of benzene rings is 1. The summed E-state index contributed by atoms with van der Waals surface area (Å²) >= 11 is 5.70.